The Morgan fingerprint density at radius 2 is 2.15 bits per heavy atom. The van der Waals surface area contributed by atoms with Crippen molar-refractivity contribution < 1.29 is 9.47 Å². The number of hydrogen-bond donors (Lipinski definition) is 0. The first-order valence-corrected chi connectivity index (χ1v) is 4.36. The number of pyridine rings is 1. The Balaban J connectivity index is 2.39. The fraction of sp³-hybridized carbons (Fsp3) is 0.500. The molecule has 0 radical (unpaired) electrons. The molecule has 1 aromatic heterocycles. The number of nitrogens with zero attached hydrogens (tertiary/aromatic N) is 1. The fourth-order valence-electron chi connectivity index (χ4n) is 1.60. The summed E-state index contributed by atoms with van der Waals surface area (Å²) >= 11 is 0. The number of methoxy groups -OCH3 is 2. The third-order valence-corrected chi connectivity index (χ3v) is 2.59. The lowest BCUT2D eigenvalue weighted by molar-refractivity contribution is 0.0762. The third-order valence-electron chi connectivity index (χ3n) is 2.59. The van der Waals surface area contributed by atoms with E-state index in [0.29, 0.717) is 0 Å². The highest BCUT2D eigenvalue weighted by Gasteiger charge is 2.46. The quantitative estimate of drug-likeness (QED) is 0.708. The molecule has 0 spiro atoms. The topological polar surface area (TPSA) is 31.4 Å². The van der Waals surface area contributed by atoms with E-state index < -0.39 is 0 Å². The summed E-state index contributed by atoms with van der Waals surface area (Å²) in [6, 6.07) is 1.87. The summed E-state index contributed by atoms with van der Waals surface area (Å²) < 4.78 is 10.7. The summed E-state index contributed by atoms with van der Waals surface area (Å²) in [7, 11) is 3.41. The second-order valence-electron chi connectivity index (χ2n) is 3.27. The first-order valence-electron chi connectivity index (χ1n) is 4.36. The molecule has 70 valence electrons. The minimum Gasteiger partial charge on any atom is -0.496 e. The summed E-state index contributed by atoms with van der Waals surface area (Å²) in [5.74, 6) is 0.870. The van der Waals surface area contributed by atoms with Gasteiger partial charge in [-0.2, -0.15) is 0 Å². The van der Waals surface area contributed by atoms with Crippen LogP contribution in [-0.2, 0) is 10.3 Å². The molecule has 13 heavy (non-hydrogen) atoms. The molecule has 1 saturated carbocycles. The molecule has 0 atom stereocenters. The maximum atomic E-state index is 5.46. The molecule has 3 heteroatoms. The normalized spacial score (nSPS) is 18.3. The van der Waals surface area contributed by atoms with Crippen molar-refractivity contribution in [3.63, 3.8) is 0 Å². The number of rotatable bonds is 3. The molecule has 3 nitrogen and oxygen atoms in total. The van der Waals surface area contributed by atoms with Crippen LogP contribution in [0.5, 0.6) is 5.75 Å². The Hall–Kier alpha value is -1.09. The van der Waals surface area contributed by atoms with Crippen LogP contribution in [-0.4, -0.2) is 19.2 Å². The molecule has 1 heterocycles. The number of aromatic nitrogens is 1. The predicted octanol–water partition coefficient (Wildman–Crippen LogP) is 1.73. The molecule has 0 bridgehead atoms. The Bertz CT molecular complexity index is 308. The maximum Gasteiger partial charge on any atom is 0.128 e. The molecule has 0 N–H and O–H groups in total. The van der Waals surface area contributed by atoms with Gasteiger partial charge < -0.3 is 9.47 Å². The van der Waals surface area contributed by atoms with Crippen LogP contribution >= 0.6 is 0 Å². The lowest BCUT2D eigenvalue weighted by atomic mass is 10.1. The monoisotopic (exact) mass is 179 g/mol. The van der Waals surface area contributed by atoms with Gasteiger partial charge in [0.05, 0.1) is 12.7 Å². The maximum absolute atomic E-state index is 5.46. The minimum absolute atomic E-state index is 0.112. The Morgan fingerprint density at radius 1 is 1.38 bits per heavy atom. The van der Waals surface area contributed by atoms with Crippen LogP contribution in [0.4, 0.5) is 0 Å². The molecular weight excluding hydrogens is 166 g/mol. The van der Waals surface area contributed by atoms with E-state index in [9.17, 15) is 0 Å². The third kappa shape index (κ3) is 1.29. The van der Waals surface area contributed by atoms with E-state index in [1.165, 1.54) is 0 Å². The molecular formula is C10H13NO2. The highest BCUT2D eigenvalue weighted by molar-refractivity contribution is 5.38. The van der Waals surface area contributed by atoms with Crippen LogP contribution in [0.2, 0.25) is 0 Å². The fourth-order valence-corrected chi connectivity index (χ4v) is 1.60. The molecule has 0 unspecified atom stereocenters. The second kappa shape index (κ2) is 3.00. The van der Waals surface area contributed by atoms with Crippen LogP contribution < -0.4 is 4.74 Å². The lowest BCUT2D eigenvalue weighted by Crippen LogP contribution is -2.10. The highest BCUT2D eigenvalue weighted by Crippen LogP contribution is 2.51. The zero-order valence-corrected chi connectivity index (χ0v) is 7.91. The van der Waals surface area contributed by atoms with Gasteiger partial charge in [0, 0.05) is 25.1 Å². The Labute approximate surface area is 77.7 Å². The molecule has 0 aliphatic heterocycles. The molecule has 2 rings (SSSR count). The molecule has 1 fully saturated rings. The van der Waals surface area contributed by atoms with Crippen molar-refractivity contribution in [2.24, 2.45) is 0 Å². The molecule has 1 aromatic rings. The summed E-state index contributed by atoms with van der Waals surface area (Å²) in [4.78, 5) is 4.09. The van der Waals surface area contributed by atoms with Gasteiger partial charge in [0.1, 0.15) is 5.75 Å². The highest BCUT2D eigenvalue weighted by atomic mass is 16.5. The SMILES string of the molecule is COc1ccncc1C1(OC)CC1. The van der Waals surface area contributed by atoms with Gasteiger partial charge in [-0.05, 0) is 18.9 Å². The van der Waals surface area contributed by atoms with Gasteiger partial charge in [-0.1, -0.05) is 0 Å². The van der Waals surface area contributed by atoms with Crippen molar-refractivity contribution in [3.8, 4) is 5.75 Å². The van der Waals surface area contributed by atoms with Crippen LogP contribution in [0.1, 0.15) is 18.4 Å². The van der Waals surface area contributed by atoms with Crippen LogP contribution in [0.15, 0.2) is 18.5 Å². The second-order valence-corrected chi connectivity index (χ2v) is 3.27. The Kier molecular flexibility index (Phi) is 1.96. The summed E-state index contributed by atoms with van der Waals surface area (Å²) in [5, 5.41) is 0. The van der Waals surface area contributed by atoms with E-state index in [4.69, 9.17) is 9.47 Å². The summed E-state index contributed by atoms with van der Waals surface area (Å²) in [6.07, 6.45) is 5.68. The molecule has 1 aliphatic rings. The van der Waals surface area contributed by atoms with E-state index in [1.54, 1.807) is 20.4 Å². The van der Waals surface area contributed by atoms with E-state index in [0.717, 1.165) is 24.2 Å². The zero-order valence-electron chi connectivity index (χ0n) is 7.91. The number of ether oxygens (including phenoxy) is 2. The first kappa shape index (κ1) is 8.51. The predicted molar refractivity (Wildman–Crippen MR) is 48.7 cm³/mol. The van der Waals surface area contributed by atoms with Crippen molar-refractivity contribution in [1.29, 1.82) is 0 Å². The molecule has 0 amide bonds. The van der Waals surface area contributed by atoms with Gasteiger partial charge in [-0.25, -0.2) is 0 Å². The van der Waals surface area contributed by atoms with E-state index in [1.807, 2.05) is 12.3 Å². The molecule has 0 saturated heterocycles. The number of hydrogen-bond acceptors (Lipinski definition) is 3. The van der Waals surface area contributed by atoms with Gasteiger partial charge in [0.15, 0.2) is 0 Å². The van der Waals surface area contributed by atoms with Gasteiger partial charge >= 0.3 is 0 Å². The lowest BCUT2D eigenvalue weighted by Gasteiger charge is -2.16. The molecule has 0 aromatic carbocycles. The van der Waals surface area contributed by atoms with Crippen LogP contribution in [0.25, 0.3) is 0 Å². The van der Waals surface area contributed by atoms with Gasteiger partial charge in [0.25, 0.3) is 0 Å². The van der Waals surface area contributed by atoms with Crippen molar-refractivity contribution in [1.82, 2.24) is 4.98 Å². The first-order chi connectivity index (χ1) is 6.32. The summed E-state index contributed by atoms with van der Waals surface area (Å²) in [6.45, 7) is 0. The Morgan fingerprint density at radius 3 is 2.69 bits per heavy atom. The largest absolute Gasteiger partial charge is 0.496 e. The smallest absolute Gasteiger partial charge is 0.128 e. The summed E-state index contributed by atoms with van der Waals surface area (Å²) in [5.41, 5.74) is 0.958. The zero-order chi connectivity index (χ0) is 9.31. The van der Waals surface area contributed by atoms with E-state index >= 15 is 0 Å². The minimum atomic E-state index is -0.112. The van der Waals surface area contributed by atoms with Crippen LogP contribution in [0.3, 0.4) is 0 Å². The van der Waals surface area contributed by atoms with E-state index in [2.05, 4.69) is 4.98 Å². The molecule has 1 aliphatic carbocycles. The standard InChI is InChI=1S/C10H13NO2/c1-12-9-3-6-11-7-8(9)10(13-2)4-5-10/h3,6-7H,4-5H2,1-2H3. The van der Waals surface area contributed by atoms with Crippen LogP contribution in [0, 0.1) is 0 Å². The van der Waals surface area contributed by atoms with Gasteiger partial charge in [-0.15, -0.1) is 0 Å². The average Bonchev–Trinajstić information content (AvgIpc) is 2.98. The van der Waals surface area contributed by atoms with Crippen molar-refractivity contribution in [3.05, 3.63) is 24.0 Å². The van der Waals surface area contributed by atoms with Gasteiger partial charge in [-0.3, -0.25) is 4.98 Å². The van der Waals surface area contributed by atoms with Gasteiger partial charge in [0.2, 0.25) is 0 Å². The van der Waals surface area contributed by atoms with Crippen molar-refractivity contribution >= 4 is 0 Å². The average molecular weight is 179 g/mol. The van der Waals surface area contributed by atoms with Crippen molar-refractivity contribution in [2.45, 2.75) is 18.4 Å². The van der Waals surface area contributed by atoms with Crippen molar-refractivity contribution in [2.75, 3.05) is 14.2 Å². The van der Waals surface area contributed by atoms with E-state index in [-0.39, 0.29) is 5.60 Å².